The molecule has 1 aliphatic heterocycles. The van der Waals surface area contributed by atoms with Crippen molar-refractivity contribution in [2.24, 2.45) is 0 Å². The molecule has 0 fully saturated rings. The van der Waals surface area contributed by atoms with Crippen molar-refractivity contribution in [2.75, 3.05) is 19.8 Å². The lowest BCUT2D eigenvalue weighted by Crippen LogP contribution is -2.37. The fourth-order valence-corrected chi connectivity index (χ4v) is 3.40. The van der Waals surface area contributed by atoms with Crippen LogP contribution >= 0.6 is 0 Å². The van der Waals surface area contributed by atoms with Gasteiger partial charge in [-0.2, -0.15) is 0 Å². The maximum atomic E-state index is 12.8. The zero-order chi connectivity index (χ0) is 18.5. The Balaban J connectivity index is 1.77. The van der Waals surface area contributed by atoms with E-state index in [4.69, 9.17) is 9.47 Å². The molecule has 0 saturated carbocycles. The molecule has 4 nitrogen and oxygen atoms in total. The molecule has 0 unspecified atom stereocenters. The predicted molar refractivity (Wildman–Crippen MR) is 103 cm³/mol. The largest absolute Gasteiger partial charge is 0.490 e. The number of rotatable bonds is 6. The van der Waals surface area contributed by atoms with Crippen molar-refractivity contribution in [1.29, 1.82) is 0 Å². The molecule has 0 spiro atoms. The molecule has 0 saturated heterocycles. The summed E-state index contributed by atoms with van der Waals surface area (Å²) in [7, 11) is 0. The lowest BCUT2D eigenvalue weighted by Gasteiger charge is -2.30. The van der Waals surface area contributed by atoms with E-state index in [0.29, 0.717) is 26.2 Å². The Labute approximate surface area is 155 Å². The van der Waals surface area contributed by atoms with Crippen molar-refractivity contribution in [1.82, 2.24) is 4.90 Å². The Morgan fingerprint density at radius 2 is 1.69 bits per heavy atom. The number of hydrogen-bond donors (Lipinski definition) is 0. The fourth-order valence-electron chi connectivity index (χ4n) is 3.40. The monoisotopic (exact) mass is 353 g/mol. The average molecular weight is 353 g/mol. The van der Waals surface area contributed by atoms with Gasteiger partial charge in [0.25, 0.3) is 0 Å². The second-order valence-corrected chi connectivity index (χ2v) is 6.60. The number of amides is 1. The van der Waals surface area contributed by atoms with Crippen molar-refractivity contribution in [2.45, 2.75) is 40.2 Å². The fraction of sp³-hybridized carbons (Fsp3) is 0.409. The number of hydrogen-bond acceptors (Lipinski definition) is 3. The third-order valence-corrected chi connectivity index (χ3v) is 4.83. The first-order valence-corrected chi connectivity index (χ1v) is 9.36. The number of carbonyl (C=O) groups excluding carboxylic acids is 1. The van der Waals surface area contributed by atoms with Crippen molar-refractivity contribution >= 4 is 5.91 Å². The van der Waals surface area contributed by atoms with E-state index in [0.717, 1.165) is 35.6 Å². The molecule has 3 rings (SSSR count). The molecule has 4 heteroatoms. The van der Waals surface area contributed by atoms with E-state index in [1.54, 1.807) is 0 Å². The Hall–Kier alpha value is -2.49. The second kappa shape index (κ2) is 8.26. The summed E-state index contributed by atoms with van der Waals surface area (Å²) in [6, 6.07) is 12.2. The molecule has 0 aromatic heterocycles. The van der Waals surface area contributed by atoms with Gasteiger partial charge in [-0.05, 0) is 61.6 Å². The van der Waals surface area contributed by atoms with Gasteiger partial charge in [-0.25, -0.2) is 0 Å². The van der Waals surface area contributed by atoms with Crippen LogP contribution in [-0.2, 0) is 24.2 Å². The molecule has 0 atom stereocenters. The maximum absolute atomic E-state index is 12.8. The van der Waals surface area contributed by atoms with Gasteiger partial charge in [0.05, 0.1) is 19.6 Å². The summed E-state index contributed by atoms with van der Waals surface area (Å²) in [6.45, 7) is 8.57. The third-order valence-electron chi connectivity index (χ3n) is 4.83. The van der Waals surface area contributed by atoms with Crippen molar-refractivity contribution in [3.05, 3.63) is 58.7 Å². The van der Waals surface area contributed by atoms with Crippen LogP contribution in [-0.4, -0.2) is 30.6 Å². The molecular weight excluding hydrogens is 326 g/mol. The van der Waals surface area contributed by atoms with Gasteiger partial charge in [0.15, 0.2) is 11.5 Å². The Kier molecular flexibility index (Phi) is 5.82. The lowest BCUT2D eigenvalue weighted by molar-refractivity contribution is -0.131. The zero-order valence-corrected chi connectivity index (χ0v) is 15.9. The highest BCUT2D eigenvalue weighted by Crippen LogP contribution is 2.34. The average Bonchev–Trinajstić information content (AvgIpc) is 2.64. The molecule has 0 bridgehead atoms. The van der Waals surface area contributed by atoms with E-state index >= 15 is 0 Å². The van der Waals surface area contributed by atoms with Crippen LogP contribution in [0, 0.1) is 6.92 Å². The molecule has 2 aromatic carbocycles. The van der Waals surface area contributed by atoms with Crippen molar-refractivity contribution in [3.63, 3.8) is 0 Å². The van der Waals surface area contributed by atoms with E-state index in [1.165, 1.54) is 11.1 Å². The molecule has 0 radical (unpaired) electrons. The van der Waals surface area contributed by atoms with Crippen LogP contribution in [0.2, 0.25) is 0 Å². The van der Waals surface area contributed by atoms with Gasteiger partial charge in [-0.1, -0.05) is 24.3 Å². The molecule has 0 N–H and O–H groups in total. The van der Waals surface area contributed by atoms with Gasteiger partial charge in [0.1, 0.15) is 0 Å². The maximum Gasteiger partial charge on any atom is 0.227 e. The predicted octanol–water partition coefficient (Wildman–Crippen LogP) is 3.92. The molecule has 138 valence electrons. The Morgan fingerprint density at radius 3 is 2.35 bits per heavy atom. The van der Waals surface area contributed by atoms with Gasteiger partial charge in [-0.3, -0.25) is 4.79 Å². The van der Waals surface area contributed by atoms with Crippen LogP contribution in [0.3, 0.4) is 0 Å². The summed E-state index contributed by atoms with van der Waals surface area (Å²) in [6.07, 6.45) is 1.30. The van der Waals surface area contributed by atoms with Gasteiger partial charge in [0, 0.05) is 13.1 Å². The normalized spacial score (nSPS) is 13.3. The first-order chi connectivity index (χ1) is 12.6. The first kappa shape index (κ1) is 18.3. The standard InChI is InChI=1S/C22H27NO3/c1-4-25-20-12-18-10-11-23(15-19(18)13-21(20)26-5-2)22(24)14-17-9-7-6-8-16(17)3/h6-9,12-13H,4-5,10-11,14-15H2,1-3H3. The van der Waals surface area contributed by atoms with Crippen molar-refractivity contribution in [3.8, 4) is 11.5 Å². The minimum absolute atomic E-state index is 0.178. The summed E-state index contributed by atoms with van der Waals surface area (Å²) in [5.74, 6) is 1.74. The first-order valence-electron chi connectivity index (χ1n) is 9.36. The third kappa shape index (κ3) is 4.01. The van der Waals surface area contributed by atoms with Gasteiger partial charge >= 0.3 is 0 Å². The summed E-state index contributed by atoms with van der Waals surface area (Å²) >= 11 is 0. The number of aryl methyl sites for hydroxylation is 1. The van der Waals surface area contributed by atoms with Gasteiger partial charge < -0.3 is 14.4 Å². The SMILES string of the molecule is CCOc1cc2c(cc1OCC)CN(C(=O)Cc1ccccc1C)CC2. The molecule has 1 heterocycles. The lowest BCUT2D eigenvalue weighted by atomic mass is 9.97. The highest BCUT2D eigenvalue weighted by atomic mass is 16.5. The van der Waals surface area contributed by atoms with E-state index < -0.39 is 0 Å². The van der Waals surface area contributed by atoms with E-state index in [1.807, 2.05) is 43.0 Å². The summed E-state index contributed by atoms with van der Waals surface area (Å²) in [5, 5.41) is 0. The summed E-state index contributed by atoms with van der Waals surface area (Å²) in [4.78, 5) is 14.7. The minimum Gasteiger partial charge on any atom is -0.490 e. The Bertz CT molecular complexity index is 785. The molecule has 26 heavy (non-hydrogen) atoms. The quantitative estimate of drug-likeness (QED) is 0.790. The van der Waals surface area contributed by atoms with E-state index in [2.05, 4.69) is 19.1 Å². The minimum atomic E-state index is 0.178. The van der Waals surface area contributed by atoms with Crippen LogP contribution in [0.15, 0.2) is 36.4 Å². The van der Waals surface area contributed by atoms with Crippen molar-refractivity contribution < 1.29 is 14.3 Å². The smallest absolute Gasteiger partial charge is 0.227 e. The molecule has 2 aromatic rings. The van der Waals surface area contributed by atoms with E-state index in [-0.39, 0.29) is 5.91 Å². The van der Waals surface area contributed by atoms with Crippen LogP contribution in [0.25, 0.3) is 0 Å². The number of benzene rings is 2. The number of carbonyl (C=O) groups is 1. The number of fused-ring (bicyclic) bond motifs is 1. The number of nitrogens with zero attached hydrogens (tertiary/aromatic N) is 1. The van der Waals surface area contributed by atoms with Crippen LogP contribution in [0.1, 0.15) is 36.1 Å². The van der Waals surface area contributed by atoms with E-state index in [9.17, 15) is 4.79 Å². The molecule has 1 aliphatic rings. The van der Waals surface area contributed by atoms with Crippen LogP contribution in [0.5, 0.6) is 11.5 Å². The second-order valence-electron chi connectivity index (χ2n) is 6.60. The van der Waals surface area contributed by atoms with Gasteiger partial charge in [0.2, 0.25) is 5.91 Å². The molecule has 0 aliphatic carbocycles. The molecule has 1 amide bonds. The summed E-state index contributed by atoms with van der Waals surface area (Å²) < 4.78 is 11.5. The summed E-state index contributed by atoms with van der Waals surface area (Å²) in [5.41, 5.74) is 4.67. The van der Waals surface area contributed by atoms with Crippen LogP contribution < -0.4 is 9.47 Å². The Morgan fingerprint density at radius 1 is 1.04 bits per heavy atom. The number of ether oxygens (including phenoxy) is 2. The topological polar surface area (TPSA) is 38.8 Å². The zero-order valence-electron chi connectivity index (χ0n) is 15.9. The van der Waals surface area contributed by atoms with Gasteiger partial charge in [-0.15, -0.1) is 0 Å². The highest BCUT2D eigenvalue weighted by molar-refractivity contribution is 5.79. The van der Waals surface area contributed by atoms with Crippen LogP contribution in [0.4, 0.5) is 0 Å². The highest BCUT2D eigenvalue weighted by Gasteiger charge is 2.23. The molecular formula is C22H27NO3.